The quantitative estimate of drug-likeness (QED) is 0.179. The Morgan fingerprint density at radius 2 is 1.06 bits per heavy atom. The maximum absolute atomic E-state index is 14.5. The molecule has 2 amide bonds. The number of aromatic nitrogens is 2. The number of likely N-dealkylation sites (tertiary alicyclic amines) is 4. The molecule has 8 rings (SSSR count). The zero-order valence-electron chi connectivity index (χ0n) is 36.0. The van der Waals surface area contributed by atoms with Crippen LogP contribution < -0.4 is 0 Å². The Hall–Kier alpha value is -5.18. The number of rotatable bonds is 6. The van der Waals surface area contributed by atoms with Crippen molar-refractivity contribution < 1.29 is 27.2 Å². The molecule has 0 radical (unpaired) electrons. The van der Waals surface area contributed by atoms with Gasteiger partial charge in [-0.1, -0.05) is 38.1 Å². The van der Waals surface area contributed by atoms with Gasteiger partial charge < -0.3 is 19.6 Å². The molecule has 0 unspecified atom stereocenters. The number of benzene rings is 2. The zero-order valence-corrected chi connectivity index (χ0v) is 36.0. The Bertz CT molecular complexity index is 2200. The third-order valence-electron chi connectivity index (χ3n) is 13.5. The van der Waals surface area contributed by atoms with Crippen LogP contribution in [0.2, 0.25) is 0 Å². The first-order chi connectivity index (χ1) is 29.6. The predicted octanol–water partition coefficient (Wildman–Crippen LogP) is 8.07. The third-order valence-corrected chi connectivity index (χ3v) is 13.5. The first-order valence-electron chi connectivity index (χ1n) is 21.8. The number of nitriles is 2. The molecule has 2 aromatic carbocycles. The highest BCUT2D eigenvalue weighted by atomic mass is 19.3. The molecule has 6 atom stereocenters. The minimum absolute atomic E-state index is 0.0881. The fourth-order valence-electron chi connectivity index (χ4n) is 10.3. The second-order valence-corrected chi connectivity index (χ2v) is 18.5. The van der Waals surface area contributed by atoms with Crippen molar-refractivity contribution in [1.29, 1.82) is 10.5 Å². The molecule has 4 fully saturated rings. The van der Waals surface area contributed by atoms with Crippen molar-refractivity contribution in [2.75, 3.05) is 66.5 Å². The van der Waals surface area contributed by atoms with Gasteiger partial charge in [-0.25, -0.2) is 17.6 Å². The van der Waals surface area contributed by atoms with E-state index in [1.807, 2.05) is 36.4 Å². The second-order valence-electron chi connectivity index (χ2n) is 18.5. The van der Waals surface area contributed by atoms with E-state index in [9.17, 15) is 37.7 Å². The van der Waals surface area contributed by atoms with Crippen LogP contribution in [-0.4, -0.2) is 120 Å². The molecule has 0 spiro atoms. The van der Waals surface area contributed by atoms with Gasteiger partial charge in [0.15, 0.2) is 0 Å². The van der Waals surface area contributed by atoms with Crippen LogP contribution in [0.1, 0.15) is 86.5 Å². The van der Waals surface area contributed by atoms with Gasteiger partial charge in [-0.3, -0.25) is 19.6 Å². The molecule has 14 heteroatoms. The van der Waals surface area contributed by atoms with E-state index in [4.69, 9.17) is 0 Å². The Morgan fingerprint density at radius 3 is 1.44 bits per heavy atom. The number of fused-ring (bicyclic) bond motifs is 2. The lowest BCUT2D eigenvalue weighted by Crippen LogP contribution is -2.49. The number of piperidine rings is 4. The van der Waals surface area contributed by atoms with Gasteiger partial charge in [0.2, 0.25) is 11.8 Å². The van der Waals surface area contributed by atoms with Crippen molar-refractivity contribution in [1.82, 2.24) is 29.6 Å². The van der Waals surface area contributed by atoms with Crippen LogP contribution in [0.4, 0.5) is 17.6 Å². The van der Waals surface area contributed by atoms with E-state index in [0.29, 0.717) is 74.3 Å². The van der Waals surface area contributed by atoms with Crippen molar-refractivity contribution in [3.63, 3.8) is 0 Å². The molecule has 328 valence electrons. The largest absolute Gasteiger partial charge is 0.342 e. The van der Waals surface area contributed by atoms with Gasteiger partial charge in [0.25, 0.3) is 11.8 Å². The van der Waals surface area contributed by atoms with Crippen LogP contribution >= 0.6 is 0 Å². The van der Waals surface area contributed by atoms with E-state index >= 15 is 0 Å². The first kappa shape index (κ1) is 44.9. The normalized spacial score (nSPS) is 26.5. The van der Waals surface area contributed by atoms with Gasteiger partial charge >= 0.3 is 0 Å². The van der Waals surface area contributed by atoms with Crippen LogP contribution in [0, 0.1) is 46.3 Å². The standard InChI is InChI=1S/2C24H28F2N4O/c2*1-16-10-18(20-6-5-17(12-27)23-21(20)4-3-8-28-23)14-30(13-16)22(31)11-19-7-9-29(2)15-24(19,25)26/h2*3-6,8,16,18-19H,7,9-11,13-15H2,1-2H3/t16-,18+,19+;16-,18+,19-/m11/s1. The van der Waals surface area contributed by atoms with Crippen LogP contribution in [0.3, 0.4) is 0 Å². The second kappa shape index (κ2) is 18.7. The lowest BCUT2D eigenvalue weighted by atomic mass is 9.82. The highest BCUT2D eigenvalue weighted by molar-refractivity contribution is 5.88. The number of carbonyl (C=O) groups excluding carboxylic acids is 2. The van der Waals surface area contributed by atoms with Gasteiger partial charge in [-0.05, 0) is 100 Å². The Balaban J connectivity index is 0.000000186. The molecule has 4 aromatic rings. The predicted molar refractivity (Wildman–Crippen MR) is 229 cm³/mol. The molecule has 2 aromatic heterocycles. The molecule has 0 saturated carbocycles. The van der Waals surface area contributed by atoms with Crippen LogP contribution in [-0.2, 0) is 9.59 Å². The van der Waals surface area contributed by atoms with Crippen LogP contribution in [0.25, 0.3) is 21.8 Å². The number of halogens is 4. The number of hydrogen-bond donors (Lipinski definition) is 0. The highest BCUT2D eigenvalue weighted by Crippen LogP contribution is 2.40. The van der Waals surface area contributed by atoms with E-state index in [1.54, 1.807) is 58.2 Å². The average Bonchev–Trinajstić information content (AvgIpc) is 3.24. The lowest BCUT2D eigenvalue weighted by molar-refractivity contribution is -0.145. The molecular formula is C48H56F4N8O2. The van der Waals surface area contributed by atoms with Gasteiger partial charge in [0, 0.05) is 85.9 Å². The topological polar surface area (TPSA) is 120 Å². The molecular weight excluding hydrogens is 797 g/mol. The molecule has 10 nitrogen and oxygen atoms in total. The molecule has 6 heterocycles. The fourth-order valence-corrected chi connectivity index (χ4v) is 10.3. The summed E-state index contributed by atoms with van der Waals surface area (Å²) in [5, 5.41) is 20.7. The van der Waals surface area contributed by atoms with Gasteiger partial charge in [-0.2, -0.15) is 10.5 Å². The molecule has 0 N–H and O–H groups in total. The number of nitrogens with zero attached hydrogens (tertiary/aromatic N) is 8. The minimum Gasteiger partial charge on any atom is -0.342 e. The third kappa shape index (κ3) is 9.87. The molecule has 4 aliphatic heterocycles. The van der Waals surface area contributed by atoms with E-state index in [-0.39, 0.29) is 61.4 Å². The summed E-state index contributed by atoms with van der Waals surface area (Å²) in [5.41, 5.74) is 4.53. The molecule has 62 heavy (non-hydrogen) atoms. The summed E-state index contributed by atoms with van der Waals surface area (Å²) < 4.78 is 57.9. The zero-order chi connectivity index (χ0) is 44.3. The van der Waals surface area contributed by atoms with Gasteiger partial charge in [0.1, 0.15) is 12.1 Å². The molecule has 4 saturated heterocycles. The Kier molecular flexibility index (Phi) is 13.5. The van der Waals surface area contributed by atoms with Crippen molar-refractivity contribution in [3.05, 3.63) is 83.2 Å². The van der Waals surface area contributed by atoms with Crippen LogP contribution in [0.5, 0.6) is 0 Å². The summed E-state index contributed by atoms with van der Waals surface area (Å²) in [6.45, 7) is 7.03. The SMILES string of the molecule is C[C@@H]1C[C@H](c2ccc(C#N)c3ncccc23)CN(C(=O)C[C@@H]2CCN(C)CC2(F)F)C1.C[C@@H]1C[C@H](c2ccc(C#N)c3ncccc23)CN(C(=O)C[C@H]2CCN(C)CC2(F)F)C1. The average molecular weight is 853 g/mol. The summed E-state index contributed by atoms with van der Waals surface area (Å²) in [6.07, 6.45) is 5.64. The highest BCUT2D eigenvalue weighted by Gasteiger charge is 2.46. The fraction of sp³-hybridized carbons (Fsp3) is 0.542. The van der Waals surface area contributed by atoms with Gasteiger partial charge in [-0.15, -0.1) is 0 Å². The summed E-state index contributed by atoms with van der Waals surface area (Å²) in [7, 11) is 3.39. The van der Waals surface area contributed by atoms with Crippen LogP contribution in [0.15, 0.2) is 60.9 Å². The van der Waals surface area contributed by atoms with Gasteiger partial charge in [0.05, 0.1) is 35.2 Å². The summed E-state index contributed by atoms with van der Waals surface area (Å²) in [6, 6.07) is 19.5. The number of alkyl halides is 4. The Morgan fingerprint density at radius 1 is 0.661 bits per heavy atom. The maximum atomic E-state index is 14.5. The van der Waals surface area contributed by atoms with E-state index < -0.39 is 23.7 Å². The van der Waals surface area contributed by atoms with Crippen molar-refractivity contribution in [3.8, 4) is 12.1 Å². The summed E-state index contributed by atoms with van der Waals surface area (Å²) in [5.74, 6) is -7.11. The lowest BCUT2D eigenvalue weighted by Gasteiger charge is -2.40. The molecule has 0 bridgehead atoms. The number of pyridine rings is 2. The Labute approximate surface area is 361 Å². The van der Waals surface area contributed by atoms with E-state index in [0.717, 1.165) is 34.7 Å². The van der Waals surface area contributed by atoms with Crippen molar-refractivity contribution in [2.45, 2.75) is 76.1 Å². The number of amides is 2. The number of hydrogen-bond acceptors (Lipinski definition) is 8. The smallest absolute Gasteiger partial charge is 0.263 e. The van der Waals surface area contributed by atoms with Crippen molar-refractivity contribution >= 4 is 33.6 Å². The van der Waals surface area contributed by atoms with E-state index in [1.165, 1.54) is 0 Å². The number of carbonyl (C=O) groups is 2. The summed E-state index contributed by atoms with van der Waals surface area (Å²) in [4.78, 5) is 41.7. The first-order valence-corrected chi connectivity index (χ1v) is 21.8. The maximum Gasteiger partial charge on any atom is 0.263 e. The van der Waals surface area contributed by atoms with Crippen molar-refractivity contribution in [2.24, 2.45) is 23.7 Å². The molecule has 4 aliphatic rings. The molecule has 0 aliphatic carbocycles. The monoisotopic (exact) mass is 852 g/mol. The van der Waals surface area contributed by atoms with E-state index in [2.05, 4.69) is 36.0 Å². The summed E-state index contributed by atoms with van der Waals surface area (Å²) >= 11 is 0. The minimum atomic E-state index is -2.83.